The number of aryl methyl sites for hydroxylation is 1. The molecule has 4 nitrogen and oxygen atoms in total. The molecule has 0 amide bonds. The first-order valence-corrected chi connectivity index (χ1v) is 12.4. The van der Waals surface area contributed by atoms with E-state index in [0.717, 1.165) is 15.9 Å². The molecule has 0 bridgehead atoms. The number of hydrogen-bond acceptors (Lipinski definition) is 3. The zero-order chi connectivity index (χ0) is 26.1. The Labute approximate surface area is 205 Å². The van der Waals surface area contributed by atoms with Crippen LogP contribution < -0.4 is 4.31 Å². The monoisotopic (exact) mass is 523 g/mol. The van der Waals surface area contributed by atoms with Crippen molar-refractivity contribution in [2.75, 3.05) is 17.5 Å². The zero-order valence-corrected chi connectivity index (χ0v) is 19.9. The van der Waals surface area contributed by atoms with Crippen LogP contribution in [0.25, 0.3) is 5.57 Å². The maximum absolute atomic E-state index is 14.8. The standard InChI is InChI=1S/C26H22F5NO3S/c1-18-11-13-21(14-12-18)36(33,34)32-16-15-20(19-7-3-2-4-8-19)17-35-24(25(27,28)26(29,30)31)22-9-5-6-10-23(22)32/h2-15,24H,16-17H2,1H3/b20-15+/t24-/m1/s1. The average molecular weight is 524 g/mol. The van der Waals surface area contributed by atoms with E-state index < -0.39 is 40.4 Å². The van der Waals surface area contributed by atoms with Gasteiger partial charge >= 0.3 is 12.1 Å². The summed E-state index contributed by atoms with van der Waals surface area (Å²) in [5, 5.41) is 0. The third-order valence-corrected chi connectivity index (χ3v) is 7.65. The maximum Gasteiger partial charge on any atom is 0.456 e. The Morgan fingerprint density at radius 1 is 0.861 bits per heavy atom. The lowest BCUT2D eigenvalue weighted by Crippen LogP contribution is -2.44. The van der Waals surface area contributed by atoms with Gasteiger partial charge in [0, 0.05) is 5.56 Å². The molecule has 0 aliphatic carbocycles. The van der Waals surface area contributed by atoms with Crippen molar-refractivity contribution >= 4 is 21.3 Å². The molecule has 0 fully saturated rings. The molecule has 3 aromatic carbocycles. The number of nitrogens with zero attached hydrogens (tertiary/aromatic N) is 1. The van der Waals surface area contributed by atoms with Gasteiger partial charge < -0.3 is 4.74 Å². The van der Waals surface area contributed by atoms with E-state index in [-0.39, 0.29) is 22.7 Å². The van der Waals surface area contributed by atoms with Crippen LogP contribution in [-0.4, -0.2) is 33.7 Å². The van der Waals surface area contributed by atoms with Crippen molar-refractivity contribution in [1.82, 2.24) is 0 Å². The van der Waals surface area contributed by atoms with Crippen LogP contribution in [-0.2, 0) is 14.8 Å². The van der Waals surface area contributed by atoms with E-state index in [2.05, 4.69) is 0 Å². The van der Waals surface area contributed by atoms with Gasteiger partial charge in [-0.25, -0.2) is 8.42 Å². The number of sulfonamides is 1. The van der Waals surface area contributed by atoms with Gasteiger partial charge in [-0.3, -0.25) is 4.31 Å². The number of benzene rings is 3. The predicted octanol–water partition coefficient (Wildman–Crippen LogP) is 6.54. The summed E-state index contributed by atoms with van der Waals surface area (Å²) in [6.07, 6.45) is -7.25. The molecule has 0 radical (unpaired) electrons. The summed E-state index contributed by atoms with van der Waals surface area (Å²) in [6.45, 7) is 0.861. The number of alkyl halides is 5. The molecule has 1 atom stereocenters. The van der Waals surface area contributed by atoms with E-state index >= 15 is 0 Å². The molecule has 0 spiro atoms. The largest absolute Gasteiger partial charge is 0.456 e. The highest BCUT2D eigenvalue weighted by Crippen LogP contribution is 2.49. The Morgan fingerprint density at radius 3 is 2.11 bits per heavy atom. The van der Waals surface area contributed by atoms with Gasteiger partial charge in [-0.1, -0.05) is 72.3 Å². The van der Waals surface area contributed by atoms with Gasteiger partial charge in [-0.05, 0) is 36.3 Å². The predicted molar refractivity (Wildman–Crippen MR) is 126 cm³/mol. The molecule has 0 N–H and O–H groups in total. The van der Waals surface area contributed by atoms with E-state index in [1.54, 1.807) is 49.4 Å². The van der Waals surface area contributed by atoms with Crippen LogP contribution in [0, 0.1) is 6.92 Å². The van der Waals surface area contributed by atoms with Gasteiger partial charge in [0.1, 0.15) is 0 Å². The molecule has 190 valence electrons. The molecule has 0 saturated carbocycles. The second-order valence-corrected chi connectivity index (χ2v) is 10.2. The smallest absolute Gasteiger partial charge is 0.362 e. The summed E-state index contributed by atoms with van der Waals surface area (Å²) in [6, 6.07) is 19.1. The molecule has 4 rings (SSSR count). The minimum Gasteiger partial charge on any atom is -0.362 e. The summed E-state index contributed by atoms with van der Waals surface area (Å²) < 4.78 is 104. The molecule has 36 heavy (non-hydrogen) atoms. The molecule has 0 aromatic heterocycles. The Bertz CT molecular complexity index is 1350. The number of ether oxygens (including phenoxy) is 1. The Kier molecular flexibility index (Phi) is 6.94. The second kappa shape index (κ2) is 9.67. The van der Waals surface area contributed by atoms with Crippen molar-refractivity contribution in [3.63, 3.8) is 0 Å². The van der Waals surface area contributed by atoms with Crippen molar-refractivity contribution in [1.29, 1.82) is 0 Å². The zero-order valence-electron chi connectivity index (χ0n) is 19.0. The van der Waals surface area contributed by atoms with Crippen molar-refractivity contribution in [3.8, 4) is 0 Å². The lowest BCUT2D eigenvalue weighted by Gasteiger charge is -2.32. The summed E-state index contributed by atoms with van der Waals surface area (Å²) in [4.78, 5) is -0.128. The highest BCUT2D eigenvalue weighted by Gasteiger charge is 2.64. The average Bonchev–Trinajstić information content (AvgIpc) is 2.92. The van der Waals surface area contributed by atoms with Gasteiger partial charge in [0.2, 0.25) is 0 Å². The molecule has 0 saturated heterocycles. The molecular formula is C26H22F5NO3S. The van der Waals surface area contributed by atoms with E-state index in [0.29, 0.717) is 5.56 Å². The van der Waals surface area contributed by atoms with Crippen LogP contribution in [0.2, 0.25) is 0 Å². The molecule has 0 unspecified atom stereocenters. The molecule has 1 aliphatic heterocycles. The van der Waals surface area contributed by atoms with E-state index in [1.807, 2.05) is 0 Å². The summed E-state index contributed by atoms with van der Waals surface area (Å²) in [7, 11) is -4.35. The fraction of sp³-hybridized carbons (Fsp3) is 0.231. The normalized spacial score (nSPS) is 18.9. The van der Waals surface area contributed by atoms with Gasteiger partial charge in [0.25, 0.3) is 10.0 Å². The van der Waals surface area contributed by atoms with Gasteiger partial charge in [0.15, 0.2) is 6.10 Å². The number of anilines is 1. The van der Waals surface area contributed by atoms with Gasteiger partial charge in [-0.2, -0.15) is 22.0 Å². The second-order valence-electron chi connectivity index (χ2n) is 8.32. The van der Waals surface area contributed by atoms with Crippen LogP contribution in [0.5, 0.6) is 0 Å². The van der Waals surface area contributed by atoms with E-state index in [9.17, 15) is 30.4 Å². The highest BCUT2D eigenvalue weighted by atomic mass is 32.2. The van der Waals surface area contributed by atoms with Crippen molar-refractivity contribution in [3.05, 3.63) is 102 Å². The molecule has 3 aromatic rings. The van der Waals surface area contributed by atoms with Crippen molar-refractivity contribution in [2.24, 2.45) is 0 Å². The first kappa shape index (κ1) is 25.8. The Hall–Kier alpha value is -3.24. The first-order valence-electron chi connectivity index (χ1n) is 10.9. The molecule has 1 aliphatic rings. The Balaban J connectivity index is 1.94. The molecule has 1 heterocycles. The molecule has 10 heteroatoms. The number of para-hydroxylation sites is 1. The topological polar surface area (TPSA) is 46.6 Å². The first-order chi connectivity index (χ1) is 16.9. The van der Waals surface area contributed by atoms with E-state index in [1.165, 1.54) is 36.4 Å². The maximum atomic E-state index is 14.8. The number of rotatable bonds is 4. The van der Waals surface area contributed by atoms with Crippen molar-refractivity contribution < 1.29 is 35.1 Å². The van der Waals surface area contributed by atoms with Crippen LogP contribution in [0.15, 0.2) is 89.8 Å². The number of fused-ring (bicyclic) bond motifs is 1. The Morgan fingerprint density at radius 2 is 1.47 bits per heavy atom. The number of hydrogen-bond donors (Lipinski definition) is 0. The minimum absolute atomic E-state index is 0.128. The van der Waals surface area contributed by atoms with Crippen molar-refractivity contribution in [2.45, 2.75) is 30.0 Å². The summed E-state index contributed by atoms with van der Waals surface area (Å²) in [5.74, 6) is -5.30. The fourth-order valence-corrected chi connectivity index (χ4v) is 5.35. The third kappa shape index (κ3) is 4.87. The lowest BCUT2D eigenvalue weighted by atomic mass is 10.0. The fourth-order valence-electron chi connectivity index (χ4n) is 3.92. The van der Waals surface area contributed by atoms with Gasteiger partial charge in [-0.15, -0.1) is 0 Å². The van der Waals surface area contributed by atoms with Crippen LogP contribution in [0.1, 0.15) is 22.8 Å². The van der Waals surface area contributed by atoms with Gasteiger partial charge in [0.05, 0.1) is 23.7 Å². The third-order valence-electron chi connectivity index (χ3n) is 5.86. The van der Waals surface area contributed by atoms with E-state index in [4.69, 9.17) is 4.74 Å². The SMILES string of the molecule is Cc1ccc(S(=O)(=O)N2C/C=C(/c3ccccc3)CO[C@@H](C(F)(F)C(F)(F)F)c3ccccc32)cc1. The highest BCUT2D eigenvalue weighted by molar-refractivity contribution is 7.92. The summed E-state index contributed by atoms with van der Waals surface area (Å²) >= 11 is 0. The number of halogens is 5. The summed E-state index contributed by atoms with van der Waals surface area (Å²) in [5.41, 5.74) is 0.667. The lowest BCUT2D eigenvalue weighted by molar-refractivity contribution is -0.319. The molecular weight excluding hydrogens is 501 g/mol. The quantitative estimate of drug-likeness (QED) is 0.365. The minimum atomic E-state index is -5.93. The van der Waals surface area contributed by atoms with Crippen LogP contribution in [0.4, 0.5) is 27.6 Å². The van der Waals surface area contributed by atoms with Crippen LogP contribution >= 0.6 is 0 Å². The van der Waals surface area contributed by atoms with Crippen LogP contribution in [0.3, 0.4) is 0 Å².